The predicted octanol–water partition coefficient (Wildman–Crippen LogP) is 10.7. The molecule has 0 aliphatic carbocycles. The van der Waals surface area contributed by atoms with E-state index in [1.54, 1.807) is 6.92 Å². The number of hydrogen-bond acceptors (Lipinski definition) is 8. The maximum absolute atomic E-state index is 13.0. The van der Waals surface area contributed by atoms with Gasteiger partial charge in [-0.25, -0.2) is 0 Å². The third-order valence-electron chi connectivity index (χ3n) is 12.3. The highest BCUT2D eigenvalue weighted by Crippen LogP contribution is 2.23. The summed E-state index contributed by atoms with van der Waals surface area (Å²) < 4.78 is 11.3. The minimum absolute atomic E-state index is 0.216. The van der Waals surface area contributed by atoms with E-state index < -0.39 is 49.0 Å². The second-order valence-corrected chi connectivity index (χ2v) is 17.7. The van der Waals surface area contributed by atoms with Gasteiger partial charge in [-0.2, -0.15) is 0 Å². The van der Waals surface area contributed by atoms with Gasteiger partial charge >= 0.3 is 0 Å². The molecular formula is C48H95NO8. The van der Waals surface area contributed by atoms with Gasteiger partial charge in [-0.1, -0.05) is 219 Å². The Morgan fingerprint density at radius 1 is 0.526 bits per heavy atom. The van der Waals surface area contributed by atoms with E-state index >= 15 is 0 Å². The topological polar surface area (TPSA) is 149 Å². The van der Waals surface area contributed by atoms with Crippen LogP contribution >= 0.6 is 0 Å². The molecule has 1 saturated heterocycles. The summed E-state index contributed by atoms with van der Waals surface area (Å²) in [6.45, 7) is 5.88. The molecular weight excluding hydrogens is 719 g/mol. The molecule has 9 heteroatoms. The molecule has 0 aromatic heterocycles. The predicted molar refractivity (Wildman–Crippen MR) is 235 cm³/mol. The van der Waals surface area contributed by atoms with Crippen LogP contribution in [0.3, 0.4) is 0 Å². The second kappa shape index (κ2) is 38.1. The fourth-order valence-corrected chi connectivity index (χ4v) is 8.21. The molecule has 8 atom stereocenters. The summed E-state index contributed by atoms with van der Waals surface area (Å²) in [6.07, 6.45) is 34.2. The normalized spacial score (nSPS) is 21.4. The van der Waals surface area contributed by atoms with Crippen molar-refractivity contribution in [1.29, 1.82) is 0 Å². The van der Waals surface area contributed by atoms with Gasteiger partial charge in [0.25, 0.3) is 0 Å². The number of carbonyl (C=O) groups is 1. The lowest BCUT2D eigenvalue weighted by Gasteiger charge is -2.39. The molecule has 1 aliphatic heterocycles. The van der Waals surface area contributed by atoms with Gasteiger partial charge in [0.2, 0.25) is 5.91 Å². The van der Waals surface area contributed by atoms with Crippen LogP contribution in [-0.2, 0) is 14.3 Å². The molecule has 9 nitrogen and oxygen atoms in total. The summed E-state index contributed by atoms with van der Waals surface area (Å²) >= 11 is 0. The van der Waals surface area contributed by atoms with Crippen LogP contribution < -0.4 is 5.32 Å². The summed E-state index contributed by atoms with van der Waals surface area (Å²) in [5.74, 6) is -0.216. The molecule has 1 rings (SSSR count). The van der Waals surface area contributed by atoms with Crippen LogP contribution in [0.25, 0.3) is 0 Å². The number of rotatable bonds is 41. The number of nitrogens with one attached hydrogen (secondary N) is 1. The van der Waals surface area contributed by atoms with Crippen LogP contribution in [0.1, 0.15) is 245 Å². The molecule has 0 saturated carbocycles. The number of aliphatic hydroxyl groups excluding tert-OH is 5. The van der Waals surface area contributed by atoms with E-state index in [-0.39, 0.29) is 12.5 Å². The average molecular weight is 814 g/mol. The first-order chi connectivity index (χ1) is 27.7. The monoisotopic (exact) mass is 814 g/mol. The first-order valence-corrected chi connectivity index (χ1v) is 24.7. The van der Waals surface area contributed by atoms with E-state index in [9.17, 15) is 30.3 Å². The Bertz CT molecular complexity index is 879. The quantitative estimate of drug-likeness (QED) is 0.0334. The van der Waals surface area contributed by atoms with E-state index in [0.717, 1.165) is 38.5 Å². The summed E-state index contributed by atoms with van der Waals surface area (Å²) in [7, 11) is 0. The van der Waals surface area contributed by atoms with E-state index in [0.29, 0.717) is 12.8 Å². The van der Waals surface area contributed by atoms with Crippen LogP contribution in [0.2, 0.25) is 0 Å². The highest BCUT2D eigenvalue weighted by Gasteiger charge is 2.43. The SMILES string of the molecule is CCCCCCCCCCCCCCCCCCCCCCCC(=O)N[C@@H](CO[C@@H]1OC(C)[C@@H](O)[C@H](O)C1O)[C@H](O)[C@H](O)CCCCCCCCCCCCCC. The Hall–Kier alpha value is -0.810. The van der Waals surface area contributed by atoms with Gasteiger partial charge in [-0.05, 0) is 19.8 Å². The van der Waals surface area contributed by atoms with Crippen LogP contribution in [0, 0.1) is 0 Å². The Labute approximate surface area is 351 Å². The molecule has 0 aromatic carbocycles. The molecule has 0 aromatic rings. The Balaban J connectivity index is 2.26. The van der Waals surface area contributed by atoms with Gasteiger partial charge in [0.15, 0.2) is 6.29 Å². The number of amides is 1. The van der Waals surface area contributed by atoms with E-state index in [1.165, 1.54) is 173 Å². The van der Waals surface area contributed by atoms with Crippen molar-refractivity contribution in [2.24, 2.45) is 0 Å². The zero-order chi connectivity index (χ0) is 41.8. The van der Waals surface area contributed by atoms with Crippen molar-refractivity contribution >= 4 is 5.91 Å². The number of aliphatic hydroxyl groups is 5. The second-order valence-electron chi connectivity index (χ2n) is 17.7. The van der Waals surface area contributed by atoms with Crippen molar-refractivity contribution in [3.05, 3.63) is 0 Å². The molecule has 1 heterocycles. The maximum Gasteiger partial charge on any atom is 0.220 e. The first kappa shape index (κ1) is 54.2. The lowest BCUT2D eigenvalue weighted by molar-refractivity contribution is -0.295. The largest absolute Gasteiger partial charge is 0.390 e. The van der Waals surface area contributed by atoms with Crippen molar-refractivity contribution in [2.45, 2.75) is 294 Å². The van der Waals surface area contributed by atoms with Crippen molar-refractivity contribution in [3.63, 3.8) is 0 Å². The number of ether oxygens (including phenoxy) is 2. The molecule has 1 amide bonds. The zero-order valence-electron chi connectivity index (χ0n) is 37.5. The van der Waals surface area contributed by atoms with Gasteiger partial charge in [0, 0.05) is 6.42 Å². The zero-order valence-corrected chi connectivity index (χ0v) is 37.5. The molecule has 2 unspecified atom stereocenters. The van der Waals surface area contributed by atoms with Crippen molar-refractivity contribution in [1.82, 2.24) is 5.32 Å². The van der Waals surface area contributed by atoms with Gasteiger partial charge in [0.05, 0.1) is 24.9 Å². The third-order valence-corrected chi connectivity index (χ3v) is 12.3. The molecule has 340 valence electrons. The van der Waals surface area contributed by atoms with Crippen LogP contribution in [-0.4, -0.2) is 87.0 Å². The minimum atomic E-state index is -1.49. The third kappa shape index (κ3) is 29.1. The fraction of sp³-hybridized carbons (Fsp3) is 0.979. The van der Waals surface area contributed by atoms with E-state index in [2.05, 4.69) is 19.2 Å². The molecule has 1 aliphatic rings. The van der Waals surface area contributed by atoms with Gasteiger partial charge in [-0.3, -0.25) is 4.79 Å². The van der Waals surface area contributed by atoms with E-state index in [4.69, 9.17) is 9.47 Å². The van der Waals surface area contributed by atoms with Gasteiger partial charge in [-0.15, -0.1) is 0 Å². The summed E-state index contributed by atoms with van der Waals surface area (Å²) in [6, 6.07) is -0.921. The molecule has 57 heavy (non-hydrogen) atoms. The van der Waals surface area contributed by atoms with Gasteiger partial charge < -0.3 is 40.3 Å². The fourth-order valence-electron chi connectivity index (χ4n) is 8.21. The molecule has 6 N–H and O–H groups in total. The van der Waals surface area contributed by atoms with Crippen molar-refractivity contribution < 1.29 is 39.8 Å². The van der Waals surface area contributed by atoms with E-state index in [1.807, 2.05) is 0 Å². The highest BCUT2D eigenvalue weighted by molar-refractivity contribution is 5.76. The summed E-state index contributed by atoms with van der Waals surface area (Å²) in [4.78, 5) is 13.0. The Morgan fingerprint density at radius 3 is 1.26 bits per heavy atom. The highest BCUT2D eigenvalue weighted by atomic mass is 16.7. The summed E-state index contributed by atoms with van der Waals surface area (Å²) in [5, 5.41) is 55.6. The minimum Gasteiger partial charge on any atom is -0.390 e. The molecule has 0 radical (unpaired) electrons. The standard InChI is InChI=1S/C48H95NO8/c1-4-6-8-10-12-14-16-18-19-20-21-22-23-24-25-26-28-30-32-34-36-38-43(51)49-41(39-56-48-47(55)46(54)44(52)40(3)57-48)45(53)42(50)37-35-33-31-29-27-17-15-13-11-9-7-5-2/h40-42,44-48,50,52-55H,4-39H2,1-3H3,(H,49,51)/t40?,41-,42+,44+,45-,46-,47?,48+/m0/s1. The van der Waals surface area contributed by atoms with Gasteiger partial charge in [0.1, 0.15) is 24.4 Å². The Morgan fingerprint density at radius 2 is 0.877 bits per heavy atom. The smallest absolute Gasteiger partial charge is 0.220 e. The average Bonchev–Trinajstić information content (AvgIpc) is 3.20. The number of unbranched alkanes of at least 4 members (excludes halogenated alkanes) is 31. The number of hydrogen-bond donors (Lipinski definition) is 6. The van der Waals surface area contributed by atoms with Crippen LogP contribution in [0.15, 0.2) is 0 Å². The Kier molecular flexibility index (Phi) is 36.3. The molecule has 0 spiro atoms. The summed E-state index contributed by atoms with van der Waals surface area (Å²) in [5.41, 5.74) is 0. The van der Waals surface area contributed by atoms with Crippen LogP contribution in [0.5, 0.6) is 0 Å². The van der Waals surface area contributed by atoms with Crippen LogP contribution in [0.4, 0.5) is 0 Å². The maximum atomic E-state index is 13.0. The molecule has 0 bridgehead atoms. The lowest BCUT2D eigenvalue weighted by Crippen LogP contribution is -2.58. The van der Waals surface area contributed by atoms with Crippen molar-refractivity contribution in [2.75, 3.05) is 6.61 Å². The first-order valence-electron chi connectivity index (χ1n) is 24.7. The number of carbonyl (C=O) groups excluding carboxylic acids is 1. The lowest BCUT2D eigenvalue weighted by atomic mass is 9.98. The molecule has 1 fully saturated rings. The van der Waals surface area contributed by atoms with Crippen molar-refractivity contribution in [3.8, 4) is 0 Å².